The monoisotopic (exact) mass is 272 g/mol. The molecule has 0 spiro atoms. The lowest BCUT2D eigenvalue weighted by molar-refractivity contribution is -0.137. The van der Waals surface area contributed by atoms with Gasteiger partial charge in [0.25, 0.3) is 0 Å². The second-order valence-corrected chi connectivity index (χ2v) is 2.81. The van der Waals surface area contributed by atoms with Gasteiger partial charge in [-0.3, -0.25) is 0 Å². The summed E-state index contributed by atoms with van der Waals surface area (Å²) in [6.07, 6.45) is -3.54. The zero-order valence-electron chi connectivity index (χ0n) is 6.64. The van der Waals surface area contributed by atoms with Crippen LogP contribution in [0.25, 0.3) is 0 Å². The molecule has 0 amide bonds. The summed E-state index contributed by atoms with van der Waals surface area (Å²) < 4.78 is 36.1. The molecule has 0 aliphatic heterocycles. The molecule has 1 aromatic carbocycles. The zero-order chi connectivity index (χ0) is 9.19. The number of hydrogen-bond donors (Lipinski definition) is 0. The first kappa shape index (κ1) is 12.9. The van der Waals surface area contributed by atoms with Gasteiger partial charge in [0.1, 0.15) is 0 Å². The predicted molar refractivity (Wildman–Crippen MR) is 55.2 cm³/mol. The molecular formula is C8H9BrF3P. The minimum absolute atomic E-state index is 0. The van der Waals surface area contributed by atoms with Crippen molar-refractivity contribution < 1.29 is 13.2 Å². The van der Waals surface area contributed by atoms with Crippen molar-refractivity contribution in [2.24, 2.45) is 0 Å². The van der Waals surface area contributed by atoms with Crippen molar-refractivity contribution in [3.05, 3.63) is 35.4 Å². The van der Waals surface area contributed by atoms with Crippen LogP contribution in [0, 0.1) is 0 Å². The smallest absolute Gasteiger partial charge is 0.166 e. The predicted octanol–water partition coefficient (Wildman–Crippen LogP) is 3.66. The normalized spacial score (nSPS) is 10.8. The molecule has 1 unspecified atom stereocenters. The summed E-state index contributed by atoms with van der Waals surface area (Å²) in [7, 11) is 2.46. The highest BCUT2D eigenvalue weighted by atomic mass is 79.9. The Hall–Kier alpha value is -0.0800. The van der Waals surface area contributed by atoms with Crippen LogP contribution in [0.5, 0.6) is 0 Å². The average Bonchev–Trinajstić information content (AvgIpc) is 2.03. The van der Waals surface area contributed by atoms with Gasteiger partial charge in [-0.05, 0) is 23.9 Å². The first-order valence-electron chi connectivity index (χ1n) is 3.40. The molecule has 1 aromatic rings. The molecule has 0 radical (unpaired) electrons. The molecule has 0 aliphatic carbocycles. The average molecular weight is 273 g/mol. The Morgan fingerprint density at radius 2 is 1.54 bits per heavy atom. The van der Waals surface area contributed by atoms with E-state index in [1.54, 1.807) is 0 Å². The van der Waals surface area contributed by atoms with E-state index >= 15 is 0 Å². The second kappa shape index (κ2) is 4.97. The molecule has 0 heterocycles. The summed E-state index contributed by atoms with van der Waals surface area (Å²) >= 11 is 0. The van der Waals surface area contributed by atoms with Gasteiger partial charge in [0.05, 0.1) is 5.56 Å². The number of hydrogen-bond acceptors (Lipinski definition) is 0. The van der Waals surface area contributed by atoms with E-state index < -0.39 is 11.7 Å². The molecule has 0 bridgehead atoms. The van der Waals surface area contributed by atoms with Gasteiger partial charge in [0, 0.05) is 0 Å². The molecule has 1 atom stereocenters. The fourth-order valence-electron chi connectivity index (χ4n) is 0.830. The van der Waals surface area contributed by atoms with Crippen LogP contribution in [0.2, 0.25) is 0 Å². The lowest BCUT2D eigenvalue weighted by Gasteiger charge is -2.06. The lowest BCUT2D eigenvalue weighted by Crippen LogP contribution is -2.04. The fraction of sp³-hybridized carbons (Fsp3) is 0.250. The Bertz CT molecular complexity index is 255. The SMILES string of the molecule is Br.FC(F)(F)c1ccc(CP)cc1. The van der Waals surface area contributed by atoms with Gasteiger partial charge in [0.15, 0.2) is 0 Å². The van der Waals surface area contributed by atoms with E-state index in [4.69, 9.17) is 0 Å². The van der Waals surface area contributed by atoms with E-state index in [2.05, 4.69) is 9.24 Å². The quantitative estimate of drug-likeness (QED) is 0.685. The maximum absolute atomic E-state index is 12.0. The van der Waals surface area contributed by atoms with Crippen molar-refractivity contribution in [3.63, 3.8) is 0 Å². The van der Waals surface area contributed by atoms with Crippen molar-refractivity contribution in [1.29, 1.82) is 0 Å². The van der Waals surface area contributed by atoms with Gasteiger partial charge >= 0.3 is 6.18 Å². The van der Waals surface area contributed by atoms with E-state index in [0.717, 1.165) is 17.7 Å². The van der Waals surface area contributed by atoms with Crippen LogP contribution in [-0.2, 0) is 12.3 Å². The number of halogens is 4. The molecule has 1 rings (SSSR count). The highest BCUT2D eigenvalue weighted by Crippen LogP contribution is 2.29. The summed E-state index contributed by atoms with van der Waals surface area (Å²) in [6.45, 7) is 0. The summed E-state index contributed by atoms with van der Waals surface area (Å²) in [4.78, 5) is 0. The Morgan fingerprint density at radius 3 is 1.85 bits per heavy atom. The third kappa shape index (κ3) is 3.65. The topological polar surface area (TPSA) is 0 Å². The summed E-state index contributed by atoms with van der Waals surface area (Å²) in [6, 6.07) is 5.16. The van der Waals surface area contributed by atoms with E-state index in [9.17, 15) is 13.2 Å². The van der Waals surface area contributed by atoms with Crippen LogP contribution in [0.3, 0.4) is 0 Å². The molecule has 0 N–H and O–H groups in total. The van der Waals surface area contributed by atoms with Gasteiger partial charge in [0.2, 0.25) is 0 Å². The van der Waals surface area contributed by atoms with Crippen molar-refractivity contribution in [1.82, 2.24) is 0 Å². The molecule has 0 saturated carbocycles. The van der Waals surface area contributed by atoms with E-state index in [1.807, 2.05) is 0 Å². The van der Waals surface area contributed by atoms with Crippen LogP contribution in [-0.4, -0.2) is 0 Å². The molecule has 0 aromatic heterocycles. The highest BCUT2D eigenvalue weighted by Gasteiger charge is 2.29. The maximum Gasteiger partial charge on any atom is 0.416 e. The molecule has 0 saturated heterocycles. The minimum atomic E-state index is -4.22. The van der Waals surface area contributed by atoms with Crippen LogP contribution < -0.4 is 0 Å². The summed E-state index contributed by atoms with van der Waals surface area (Å²) in [5.41, 5.74) is 0.290. The van der Waals surface area contributed by atoms with Crippen molar-refractivity contribution in [2.45, 2.75) is 12.3 Å². The molecular weight excluding hydrogens is 264 g/mol. The first-order chi connectivity index (χ1) is 5.54. The molecule has 74 valence electrons. The largest absolute Gasteiger partial charge is 0.416 e. The Labute approximate surface area is 87.5 Å². The van der Waals surface area contributed by atoms with E-state index in [0.29, 0.717) is 6.16 Å². The van der Waals surface area contributed by atoms with Crippen molar-refractivity contribution >= 4 is 26.2 Å². The summed E-state index contributed by atoms with van der Waals surface area (Å²) in [5.74, 6) is 0. The van der Waals surface area contributed by atoms with E-state index in [1.165, 1.54) is 12.1 Å². The van der Waals surface area contributed by atoms with Crippen LogP contribution in [0.4, 0.5) is 13.2 Å². The van der Waals surface area contributed by atoms with Gasteiger partial charge < -0.3 is 0 Å². The van der Waals surface area contributed by atoms with Crippen molar-refractivity contribution in [3.8, 4) is 0 Å². The van der Waals surface area contributed by atoms with Gasteiger partial charge in [-0.1, -0.05) is 12.1 Å². The molecule has 0 fully saturated rings. The van der Waals surface area contributed by atoms with Gasteiger partial charge in [-0.2, -0.15) is 13.2 Å². The molecule has 13 heavy (non-hydrogen) atoms. The van der Waals surface area contributed by atoms with E-state index in [-0.39, 0.29) is 17.0 Å². The van der Waals surface area contributed by atoms with Gasteiger partial charge in [-0.25, -0.2) is 0 Å². The molecule has 0 aliphatic rings. The maximum atomic E-state index is 12.0. The van der Waals surface area contributed by atoms with Gasteiger partial charge in [-0.15, -0.1) is 26.2 Å². The zero-order valence-corrected chi connectivity index (χ0v) is 9.50. The second-order valence-electron chi connectivity index (χ2n) is 2.40. The van der Waals surface area contributed by atoms with Crippen LogP contribution in [0.1, 0.15) is 11.1 Å². The number of alkyl halides is 3. The van der Waals surface area contributed by atoms with Crippen LogP contribution in [0.15, 0.2) is 24.3 Å². The third-order valence-electron chi connectivity index (χ3n) is 1.52. The van der Waals surface area contributed by atoms with Crippen molar-refractivity contribution in [2.75, 3.05) is 0 Å². The number of rotatable bonds is 1. The fourth-order valence-corrected chi connectivity index (χ4v) is 1.10. The molecule has 0 nitrogen and oxygen atoms in total. The van der Waals surface area contributed by atoms with Crippen LogP contribution >= 0.6 is 26.2 Å². The Morgan fingerprint density at radius 1 is 1.08 bits per heavy atom. The first-order valence-corrected chi connectivity index (χ1v) is 4.22. The summed E-state index contributed by atoms with van der Waals surface area (Å²) in [5, 5.41) is 0. The standard InChI is InChI=1S/C8H8F3P.BrH/c9-8(10,11)7-3-1-6(5-12)2-4-7;/h1-4H,5,12H2;1H. The lowest BCUT2D eigenvalue weighted by atomic mass is 10.1. The minimum Gasteiger partial charge on any atom is -0.166 e. The number of benzene rings is 1. The highest BCUT2D eigenvalue weighted by molar-refractivity contribution is 8.93. The third-order valence-corrected chi connectivity index (χ3v) is 1.99. The Balaban J connectivity index is 0.00000144. The Kier molecular flexibility index (Phi) is 4.93. The molecule has 5 heteroatoms.